The normalized spacial score (nSPS) is 18.3. The lowest BCUT2D eigenvalue weighted by Crippen LogP contribution is -2.45. The molecule has 1 amide bonds. The van der Waals surface area contributed by atoms with Crippen LogP contribution >= 0.6 is 15.9 Å². The lowest BCUT2D eigenvalue weighted by atomic mass is 9.79. The monoisotopic (exact) mass is 338 g/mol. The van der Waals surface area contributed by atoms with Crippen molar-refractivity contribution in [3.63, 3.8) is 0 Å². The highest BCUT2D eigenvalue weighted by molar-refractivity contribution is 9.10. The molecule has 110 valence electrons. The summed E-state index contributed by atoms with van der Waals surface area (Å²) in [6.07, 6.45) is 6.51. The maximum Gasteiger partial charge on any atom is 0.227 e. The van der Waals surface area contributed by atoms with E-state index in [1.165, 1.54) is 12.8 Å². The van der Waals surface area contributed by atoms with Crippen molar-refractivity contribution in [2.45, 2.75) is 45.1 Å². The molecule has 1 aromatic rings. The molecule has 1 aliphatic rings. The molecule has 1 fully saturated rings. The topological polar surface area (TPSA) is 55.1 Å². The molecule has 3 N–H and O–H groups in total. The quantitative estimate of drug-likeness (QED) is 0.827. The first-order valence-electron chi connectivity index (χ1n) is 7.40. The fourth-order valence-electron chi connectivity index (χ4n) is 2.93. The van der Waals surface area contributed by atoms with Crippen LogP contribution in [0.2, 0.25) is 0 Å². The second-order valence-electron chi connectivity index (χ2n) is 5.67. The van der Waals surface area contributed by atoms with Gasteiger partial charge in [-0.25, -0.2) is 0 Å². The van der Waals surface area contributed by atoms with E-state index in [4.69, 9.17) is 5.73 Å². The predicted molar refractivity (Wildman–Crippen MR) is 85.2 cm³/mol. The minimum absolute atomic E-state index is 0.123. The summed E-state index contributed by atoms with van der Waals surface area (Å²) in [7, 11) is 0. The second-order valence-corrected chi connectivity index (χ2v) is 6.53. The molecule has 2 rings (SSSR count). The number of carbonyl (C=O) groups excluding carboxylic acids is 1. The Morgan fingerprint density at radius 2 is 1.85 bits per heavy atom. The van der Waals surface area contributed by atoms with Gasteiger partial charge in [0.1, 0.15) is 0 Å². The number of carbonyl (C=O) groups is 1. The summed E-state index contributed by atoms with van der Waals surface area (Å²) in [4.78, 5) is 12.6. The molecule has 0 radical (unpaired) electrons. The van der Waals surface area contributed by atoms with E-state index < -0.39 is 0 Å². The summed E-state index contributed by atoms with van der Waals surface area (Å²) in [6.45, 7) is 1.01. The number of benzene rings is 1. The molecular formula is C16H23BrN2O. The van der Waals surface area contributed by atoms with E-state index in [-0.39, 0.29) is 11.3 Å². The molecule has 1 saturated carbocycles. The van der Waals surface area contributed by atoms with Crippen molar-refractivity contribution in [1.29, 1.82) is 0 Å². The summed E-state index contributed by atoms with van der Waals surface area (Å²) < 4.78 is 1.03. The van der Waals surface area contributed by atoms with Gasteiger partial charge in [0.05, 0.1) is 5.41 Å². The summed E-state index contributed by atoms with van der Waals surface area (Å²) in [5.74, 6) is 0.123. The summed E-state index contributed by atoms with van der Waals surface area (Å²) in [6, 6.07) is 7.97. The van der Waals surface area contributed by atoms with Gasteiger partial charge in [0.15, 0.2) is 0 Å². The number of halogens is 1. The van der Waals surface area contributed by atoms with E-state index in [0.717, 1.165) is 35.7 Å². The number of amides is 1. The van der Waals surface area contributed by atoms with Crippen LogP contribution in [0.5, 0.6) is 0 Å². The second kappa shape index (κ2) is 7.23. The van der Waals surface area contributed by atoms with E-state index in [1.807, 2.05) is 24.3 Å². The van der Waals surface area contributed by atoms with Crippen LogP contribution in [0.1, 0.15) is 44.1 Å². The Labute approximate surface area is 129 Å². The molecule has 1 aromatic carbocycles. The molecule has 0 aromatic heterocycles. The third-order valence-corrected chi connectivity index (χ3v) is 5.10. The van der Waals surface area contributed by atoms with Gasteiger partial charge < -0.3 is 11.1 Å². The lowest BCUT2D eigenvalue weighted by molar-refractivity contribution is -0.131. The maximum absolute atomic E-state index is 12.6. The Morgan fingerprint density at radius 3 is 2.45 bits per heavy atom. The minimum atomic E-state index is -0.349. The van der Waals surface area contributed by atoms with Crippen LogP contribution in [0.3, 0.4) is 0 Å². The van der Waals surface area contributed by atoms with Gasteiger partial charge in [-0.05, 0) is 24.5 Å². The van der Waals surface area contributed by atoms with Gasteiger partial charge in [0, 0.05) is 17.6 Å². The third kappa shape index (κ3) is 3.61. The fraction of sp³-hybridized carbons (Fsp3) is 0.562. The molecule has 1 aliphatic carbocycles. The number of hydrogen-bond acceptors (Lipinski definition) is 2. The number of hydrogen-bond donors (Lipinski definition) is 2. The summed E-state index contributed by atoms with van der Waals surface area (Å²) in [5.41, 5.74) is 6.69. The van der Waals surface area contributed by atoms with E-state index in [0.29, 0.717) is 13.1 Å². The first-order valence-corrected chi connectivity index (χ1v) is 8.19. The van der Waals surface area contributed by atoms with Crippen LogP contribution in [0.15, 0.2) is 28.7 Å². The van der Waals surface area contributed by atoms with Gasteiger partial charge in [0.25, 0.3) is 0 Å². The molecule has 20 heavy (non-hydrogen) atoms. The van der Waals surface area contributed by atoms with E-state index in [2.05, 4.69) is 21.2 Å². The van der Waals surface area contributed by atoms with Gasteiger partial charge in [-0.3, -0.25) is 4.79 Å². The molecule has 0 unspecified atom stereocenters. The molecule has 0 heterocycles. The molecule has 0 aliphatic heterocycles. The smallest absolute Gasteiger partial charge is 0.227 e. The largest absolute Gasteiger partial charge is 0.351 e. The Hall–Kier alpha value is -0.870. The number of rotatable bonds is 4. The van der Waals surface area contributed by atoms with Crippen molar-refractivity contribution < 1.29 is 4.79 Å². The third-order valence-electron chi connectivity index (χ3n) is 4.33. The summed E-state index contributed by atoms with van der Waals surface area (Å²) >= 11 is 3.51. The van der Waals surface area contributed by atoms with E-state index >= 15 is 0 Å². The highest BCUT2D eigenvalue weighted by Gasteiger charge is 2.36. The lowest BCUT2D eigenvalue weighted by Gasteiger charge is -2.30. The van der Waals surface area contributed by atoms with Gasteiger partial charge >= 0.3 is 0 Å². The van der Waals surface area contributed by atoms with Gasteiger partial charge in [-0.2, -0.15) is 0 Å². The van der Waals surface area contributed by atoms with Gasteiger partial charge in [-0.1, -0.05) is 59.8 Å². The maximum atomic E-state index is 12.6. The van der Waals surface area contributed by atoms with Crippen LogP contribution in [0.4, 0.5) is 0 Å². The van der Waals surface area contributed by atoms with E-state index in [9.17, 15) is 4.79 Å². The standard InChI is InChI=1S/C16H23BrN2O/c17-14-8-4-3-7-13(14)11-19-15(20)16(12-18)9-5-1-2-6-10-16/h3-4,7-8H,1-2,5-6,9-12,18H2,(H,19,20). The molecule has 0 bridgehead atoms. The first-order chi connectivity index (χ1) is 9.68. The predicted octanol–water partition coefficient (Wildman–Crippen LogP) is 3.36. The minimum Gasteiger partial charge on any atom is -0.351 e. The van der Waals surface area contributed by atoms with Crippen molar-refractivity contribution >= 4 is 21.8 Å². The first kappa shape index (κ1) is 15.5. The van der Waals surface area contributed by atoms with Gasteiger partial charge in [0.2, 0.25) is 5.91 Å². The Bertz CT molecular complexity index is 454. The summed E-state index contributed by atoms with van der Waals surface area (Å²) in [5, 5.41) is 3.08. The zero-order chi connectivity index (χ0) is 14.4. The van der Waals surface area contributed by atoms with Crippen molar-refractivity contribution in [3.05, 3.63) is 34.3 Å². The average molecular weight is 339 g/mol. The van der Waals surface area contributed by atoms with Crippen LogP contribution in [0.25, 0.3) is 0 Å². The zero-order valence-electron chi connectivity index (χ0n) is 11.8. The molecule has 0 atom stereocenters. The molecular weight excluding hydrogens is 316 g/mol. The van der Waals surface area contributed by atoms with Crippen molar-refractivity contribution in [2.75, 3.05) is 6.54 Å². The Morgan fingerprint density at radius 1 is 1.20 bits per heavy atom. The molecule has 4 heteroatoms. The Balaban J connectivity index is 2.00. The highest BCUT2D eigenvalue weighted by atomic mass is 79.9. The molecule has 3 nitrogen and oxygen atoms in total. The van der Waals surface area contributed by atoms with Gasteiger partial charge in [-0.15, -0.1) is 0 Å². The van der Waals surface area contributed by atoms with Crippen LogP contribution in [-0.2, 0) is 11.3 Å². The SMILES string of the molecule is NCC1(C(=O)NCc2ccccc2Br)CCCCCC1. The van der Waals surface area contributed by atoms with Crippen LogP contribution in [-0.4, -0.2) is 12.5 Å². The van der Waals surface area contributed by atoms with Crippen LogP contribution in [0, 0.1) is 5.41 Å². The van der Waals surface area contributed by atoms with E-state index in [1.54, 1.807) is 0 Å². The molecule has 0 spiro atoms. The van der Waals surface area contributed by atoms with Crippen molar-refractivity contribution in [2.24, 2.45) is 11.1 Å². The van der Waals surface area contributed by atoms with Crippen molar-refractivity contribution in [3.8, 4) is 0 Å². The fourth-order valence-corrected chi connectivity index (χ4v) is 3.36. The number of nitrogens with one attached hydrogen (secondary N) is 1. The van der Waals surface area contributed by atoms with Crippen LogP contribution < -0.4 is 11.1 Å². The molecule has 0 saturated heterocycles. The average Bonchev–Trinajstić information content (AvgIpc) is 2.72. The highest BCUT2D eigenvalue weighted by Crippen LogP contribution is 2.34. The Kier molecular flexibility index (Phi) is 5.61. The van der Waals surface area contributed by atoms with Crippen molar-refractivity contribution in [1.82, 2.24) is 5.32 Å². The number of nitrogens with two attached hydrogens (primary N) is 1. The zero-order valence-corrected chi connectivity index (χ0v) is 13.4.